The molecule has 1 amide bonds. The normalized spacial score (nSPS) is 18.1. The van der Waals surface area contributed by atoms with Gasteiger partial charge in [-0.25, -0.2) is 9.37 Å². The van der Waals surface area contributed by atoms with Crippen molar-refractivity contribution in [1.82, 2.24) is 9.55 Å². The van der Waals surface area contributed by atoms with E-state index in [4.69, 9.17) is 4.98 Å². The lowest BCUT2D eigenvalue weighted by Gasteiger charge is -2.16. The van der Waals surface area contributed by atoms with Crippen LogP contribution in [0.4, 0.5) is 10.1 Å². The van der Waals surface area contributed by atoms with Crippen LogP contribution < -0.4 is 4.90 Å². The third-order valence-electron chi connectivity index (χ3n) is 4.45. The fraction of sp³-hybridized carbons (Fsp3) is 0.222. The monoisotopic (exact) mass is 309 g/mol. The summed E-state index contributed by atoms with van der Waals surface area (Å²) in [7, 11) is 1.98. The second kappa shape index (κ2) is 5.19. The van der Waals surface area contributed by atoms with Crippen LogP contribution >= 0.6 is 0 Å². The molecule has 5 heteroatoms. The molecule has 1 atom stereocenters. The zero-order valence-corrected chi connectivity index (χ0v) is 12.7. The summed E-state index contributed by atoms with van der Waals surface area (Å²) in [5.41, 5.74) is 2.74. The fourth-order valence-electron chi connectivity index (χ4n) is 3.28. The molecule has 1 saturated heterocycles. The van der Waals surface area contributed by atoms with Crippen molar-refractivity contribution in [2.45, 2.75) is 12.3 Å². The number of carbonyl (C=O) groups is 1. The lowest BCUT2D eigenvalue weighted by atomic mass is 10.1. The van der Waals surface area contributed by atoms with Crippen molar-refractivity contribution >= 4 is 22.6 Å². The van der Waals surface area contributed by atoms with Gasteiger partial charge in [-0.2, -0.15) is 0 Å². The molecule has 0 unspecified atom stereocenters. The molecule has 1 fully saturated rings. The van der Waals surface area contributed by atoms with Crippen LogP contribution in [0.3, 0.4) is 0 Å². The summed E-state index contributed by atoms with van der Waals surface area (Å²) in [6.07, 6.45) is 0.425. The molecule has 0 bridgehead atoms. The first kappa shape index (κ1) is 13.9. The van der Waals surface area contributed by atoms with E-state index in [2.05, 4.69) is 4.57 Å². The molecule has 1 aliphatic heterocycles. The highest BCUT2D eigenvalue weighted by Crippen LogP contribution is 2.32. The Bertz CT molecular complexity index is 885. The van der Waals surface area contributed by atoms with E-state index in [0.29, 0.717) is 13.0 Å². The predicted molar refractivity (Wildman–Crippen MR) is 86.8 cm³/mol. The Morgan fingerprint density at radius 3 is 2.61 bits per heavy atom. The van der Waals surface area contributed by atoms with E-state index >= 15 is 0 Å². The largest absolute Gasteiger partial charge is 0.331 e. The lowest BCUT2D eigenvalue weighted by molar-refractivity contribution is -0.117. The Morgan fingerprint density at radius 2 is 1.87 bits per heavy atom. The molecule has 4 nitrogen and oxygen atoms in total. The molecule has 0 saturated carbocycles. The maximum atomic E-state index is 13.1. The van der Waals surface area contributed by atoms with Crippen molar-refractivity contribution < 1.29 is 9.18 Å². The van der Waals surface area contributed by atoms with Gasteiger partial charge in [0.05, 0.1) is 11.0 Å². The van der Waals surface area contributed by atoms with Gasteiger partial charge in [0.1, 0.15) is 11.6 Å². The van der Waals surface area contributed by atoms with Crippen molar-refractivity contribution in [3.63, 3.8) is 0 Å². The van der Waals surface area contributed by atoms with Gasteiger partial charge in [-0.15, -0.1) is 0 Å². The minimum absolute atomic E-state index is 0.0463. The first-order valence-corrected chi connectivity index (χ1v) is 7.61. The average molecular weight is 309 g/mol. The third kappa shape index (κ3) is 2.29. The van der Waals surface area contributed by atoms with Gasteiger partial charge in [0.2, 0.25) is 5.91 Å². The Morgan fingerprint density at radius 1 is 1.13 bits per heavy atom. The van der Waals surface area contributed by atoms with Crippen LogP contribution in [0.5, 0.6) is 0 Å². The highest BCUT2D eigenvalue weighted by atomic mass is 19.1. The molecule has 0 N–H and O–H groups in total. The van der Waals surface area contributed by atoms with Crippen molar-refractivity contribution in [2.24, 2.45) is 7.05 Å². The number of hydrogen-bond donors (Lipinski definition) is 0. The molecular formula is C18H16FN3O. The van der Waals surface area contributed by atoms with Gasteiger partial charge in [0, 0.05) is 31.6 Å². The highest BCUT2D eigenvalue weighted by molar-refractivity contribution is 5.96. The van der Waals surface area contributed by atoms with E-state index in [1.54, 1.807) is 17.0 Å². The van der Waals surface area contributed by atoms with Gasteiger partial charge < -0.3 is 9.47 Å². The molecule has 0 aliphatic carbocycles. The lowest BCUT2D eigenvalue weighted by Crippen LogP contribution is -2.24. The average Bonchev–Trinajstić information content (AvgIpc) is 3.09. The maximum Gasteiger partial charge on any atom is 0.227 e. The quantitative estimate of drug-likeness (QED) is 0.729. The number of fused-ring (bicyclic) bond motifs is 1. The minimum atomic E-state index is -0.299. The van der Waals surface area contributed by atoms with E-state index in [-0.39, 0.29) is 17.6 Å². The first-order chi connectivity index (χ1) is 11.1. The van der Waals surface area contributed by atoms with Gasteiger partial charge in [-0.05, 0) is 36.4 Å². The Hall–Kier alpha value is -2.69. The van der Waals surface area contributed by atoms with Gasteiger partial charge in [-0.1, -0.05) is 12.1 Å². The molecule has 0 spiro atoms. The second-order valence-electron chi connectivity index (χ2n) is 5.90. The maximum absolute atomic E-state index is 13.1. The van der Waals surface area contributed by atoms with E-state index < -0.39 is 0 Å². The van der Waals surface area contributed by atoms with Crippen molar-refractivity contribution in [1.29, 1.82) is 0 Å². The molecule has 0 radical (unpaired) electrons. The van der Waals surface area contributed by atoms with Crippen LogP contribution in [0, 0.1) is 5.82 Å². The SMILES string of the molecule is Cn1c([C@H]2CC(=O)N(c3ccc(F)cc3)C2)nc2ccccc21. The number of para-hydroxylation sites is 2. The number of aryl methyl sites for hydroxylation is 1. The molecule has 116 valence electrons. The van der Waals surface area contributed by atoms with Crippen LogP contribution in [-0.4, -0.2) is 22.0 Å². The molecule has 1 aromatic heterocycles. The van der Waals surface area contributed by atoms with E-state index in [0.717, 1.165) is 22.5 Å². The molecule has 4 rings (SSSR count). The number of benzene rings is 2. The summed E-state index contributed by atoms with van der Waals surface area (Å²) < 4.78 is 15.1. The summed E-state index contributed by atoms with van der Waals surface area (Å²) in [6, 6.07) is 14.0. The topological polar surface area (TPSA) is 38.1 Å². The second-order valence-corrected chi connectivity index (χ2v) is 5.90. The van der Waals surface area contributed by atoms with Crippen LogP contribution in [-0.2, 0) is 11.8 Å². The van der Waals surface area contributed by atoms with Gasteiger partial charge >= 0.3 is 0 Å². The first-order valence-electron chi connectivity index (χ1n) is 7.61. The van der Waals surface area contributed by atoms with Crippen LogP contribution in [0.15, 0.2) is 48.5 Å². The van der Waals surface area contributed by atoms with Crippen molar-refractivity contribution in [3.8, 4) is 0 Å². The van der Waals surface area contributed by atoms with Crippen molar-refractivity contribution in [3.05, 3.63) is 60.2 Å². The number of rotatable bonds is 2. The minimum Gasteiger partial charge on any atom is -0.331 e. The third-order valence-corrected chi connectivity index (χ3v) is 4.45. The summed E-state index contributed by atoms with van der Waals surface area (Å²) >= 11 is 0. The van der Waals surface area contributed by atoms with E-state index in [1.165, 1.54) is 12.1 Å². The van der Waals surface area contributed by atoms with Crippen LogP contribution in [0.1, 0.15) is 18.2 Å². The molecule has 3 aromatic rings. The van der Waals surface area contributed by atoms with Gasteiger partial charge in [0.15, 0.2) is 0 Å². The van der Waals surface area contributed by atoms with E-state index in [9.17, 15) is 9.18 Å². The number of amides is 1. The van der Waals surface area contributed by atoms with Crippen LogP contribution in [0.25, 0.3) is 11.0 Å². The summed E-state index contributed by atoms with van der Waals surface area (Å²) in [6.45, 7) is 0.571. The van der Waals surface area contributed by atoms with Gasteiger partial charge in [-0.3, -0.25) is 4.79 Å². The number of aromatic nitrogens is 2. The Kier molecular flexibility index (Phi) is 3.15. The Balaban J connectivity index is 1.67. The summed E-state index contributed by atoms with van der Waals surface area (Å²) in [4.78, 5) is 18.8. The van der Waals surface area contributed by atoms with Crippen LogP contribution in [0.2, 0.25) is 0 Å². The fourth-order valence-corrected chi connectivity index (χ4v) is 3.28. The standard InChI is InChI=1S/C18H16FN3O/c1-21-16-5-3-2-4-15(16)20-18(21)12-10-17(23)22(11-12)14-8-6-13(19)7-9-14/h2-9,12H,10-11H2,1H3/t12-/m0/s1. The van der Waals surface area contributed by atoms with E-state index in [1.807, 2.05) is 31.3 Å². The zero-order chi connectivity index (χ0) is 16.0. The number of carbonyl (C=O) groups excluding carboxylic acids is 1. The number of imidazole rings is 1. The molecule has 2 aromatic carbocycles. The number of nitrogens with zero attached hydrogens (tertiary/aromatic N) is 3. The molecular weight excluding hydrogens is 293 g/mol. The number of hydrogen-bond acceptors (Lipinski definition) is 2. The van der Waals surface area contributed by atoms with Gasteiger partial charge in [0.25, 0.3) is 0 Å². The summed E-state index contributed by atoms with van der Waals surface area (Å²) in [5.74, 6) is 0.718. The highest BCUT2D eigenvalue weighted by Gasteiger charge is 2.34. The molecule has 2 heterocycles. The molecule has 1 aliphatic rings. The zero-order valence-electron chi connectivity index (χ0n) is 12.7. The predicted octanol–water partition coefficient (Wildman–Crippen LogP) is 3.23. The number of halogens is 1. The van der Waals surface area contributed by atoms with Crippen molar-refractivity contribution in [2.75, 3.05) is 11.4 Å². The smallest absolute Gasteiger partial charge is 0.227 e. The number of anilines is 1. The molecule has 23 heavy (non-hydrogen) atoms. The summed E-state index contributed by atoms with van der Waals surface area (Å²) in [5, 5.41) is 0. The Labute approximate surface area is 133 Å².